The summed E-state index contributed by atoms with van der Waals surface area (Å²) >= 11 is 0. The van der Waals surface area contributed by atoms with Crippen molar-refractivity contribution >= 4 is 29.8 Å². The number of anilines is 2. The van der Waals surface area contributed by atoms with Gasteiger partial charge in [-0.15, -0.1) is 17.5 Å². The summed E-state index contributed by atoms with van der Waals surface area (Å²) in [5, 5.41) is 26.9. The summed E-state index contributed by atoms with van der Waals surface area (Å²) in [6.45, 7) is 3.62. The molecule has 7 nitrogen and oxygen atoms in total. The molecule has 0 aliphatic carbocycles. The van der Waals surface area contributed by atoms with Crippen LogP contribution in [0.15, 0.2) is 36.4 Å². The van der Waals surface area contributed by atoms with Crippen molar-refractivity contribution in [2.45, 2.75) is 13.0 Å². The lowest BCUT2D eigenvalue weighted by atomic mass is 10.1. The highest BCUT2D eigenvalue weighted by atomic mass is 35.5. The van der Waals surface area contributed by atoms with E-state index in [9.17, 15) is 9.90 Å². The molecule has 1 amide bonds. The van der Waals surface area contributed by atoms with Crippen LogP contribution in [-0.4, -0.2) is 46.9 Å². The molecule has 0 bridgehead atoms. The molecule has 2 aromatic rings. The van der Waals surface area contributed by atoms with Crippen molar-refractivity contribution in [3.8, 4) is 0 Å². The van der Waals surface area contributed by atoms with Gasteiger partial charge in [-0.05, 0) is 37.3 Å². The Morgan fingerprint density at radius 1 is 1.28 bits per heavy atom. The van der Waals surface area contributed by atoms with Crippen LogP contribution in [0.25, 0.3) is 0 Å². The molecule has 0 radical (unpaired) electrons. The predicted octanol–water partition coefficient (Wildman–Crippen LogP) is 1.26. The molecule has 1 saturated heterocycles. The number of halogens is 1. The van der Waals surface area contributed by atoms with Crippen LogP contribution in [0.1, 0.15) is 16.1 Å². The first-order chi connectivity index (χ1) is 11.6. The van der Waals surface area contributed by atoms with Crippen LogP contribution in [0.3, 0.4) is 0 Å². The summed E-state index contributed by atoms with van der Waals surface area (Å²) in [5.41, 5.74) is 2.17. The number of aliphatic hydroxyl groups is 1. The number of carbonyl (C=O) groups excluding carboxylic acids is 1. The zero-order valence-electron chi connectivity index (χ0n) is 13.9. The lowest BCUT2D eigenvalue weighted by Gasteiger charge is -2.14. The van der Waals surface area contributed by atoms with E-state index in [1.807, 2.05) is 31.2 Å². The van der Waals surface area contributed by atoms with Crippen LogP contribution in [0.5, 0.6) is 0 Å². The normalized spacial score (nSPS) is 19.1. The number of nitrogens with zero attached hydrogens (tertiary/aromatic N) is 2. The molecule has 2 atom stereocenters. The van der Waals surface area contributed by atoms with Crippen molar-refractivity contribution in [3.05, 3.63) is 47.7 Å². The van der Waals surface area contributed by atoms with E-state index in [1.165, 1.54) is 0 Å². The van der Waals surface area contributed by atoms with Gasteiger partial charge in [-0.25, -0.2) is 0 Å². The molecule has 2 unspecified atom stereocenters. The van der Waals surface area contributed by atoms with Crippen molar-refractivity contribution < 1.29 is 9.90 Å². The first-order valence-corrected chi connectivity index (χ1v) is 7.96. The molecule has 134 valence electrons. The average Bonchev–Trinajstić information content (AvgIpc) is 3.00. The molecule has 8 heteroatoms. The third-order valence-electron chi connectivity index (χ3n) is 4.02. The summed E-state index contributed by atoms with van der Waals surface area (Å²) in [4.78, 5) is 12.3. The molecular weight excluding hydrogens is 342 g/mol. The predicted molar refractivity (Wildman–Crippen MR) is 98.4 cm³/mol. The Bertz CT molecular complexity index is 710. The van der Waals surface area contributed by atoms with Crippen molar-refractivity contribution in [1.29, 1.82) is 0 Å². The fraction of sp³-hybridized carbons (Fsp3) is 0.353. The zero-order valence-corrected chi connectivity index (χ0v) is 14.7. The molecule has 1 aliphatic heterocycles. The van der Waals surface area contributed by atoms with Gasteiger partial charge in [0.05, 0.1) is 11.8 Å². The number of hydrogen-bond acceptors (Lipinski definition) is 6. The van der Waals surface area contributed by atoms with Crippen LogP contribution >= 0.6 is 12.4 Å². The van der Waals surface area contributed by atoms with Gasteiger partial charge in [0.15, 0.2) is 5.82 Å². The van der Waals surface area contributed by atoms with Gasteiger partial charge in [0, 0.05) is 36.8 Å². The van der Waals surface area contributed by atoms with Gasteiger partial charge in [-0.1, -0.05) is 6.07 Å². The first-order valence-electron chi connectivity index (χ1n) is 7.96. The lowest BCUT2D eigenvalue weighted by molar-refractivity contribution is 0.0927. The van der Waals surface area contributed by atoms with Crippen LogP contribution in [0.2, 0.25) is 0 Å². The number of nitrogens with one attached hydrogen (secondary N) is 3. The second kappa shape index (κ2) is 8.75. The number of benzene rings is 1. The SMILES string of the molecule is Cc1ccc(Nc2cccc(C(=O)NCC3CNCC3O)c2)nn1.Cl. The molecule has 4 N–H and O–H groups in total. The van der Waals surface area contributed by atoms with E-state index in [2.05, 4.69) is 26.1 Å². The first kappa shape index (κ1) is 19.1. The highest BCUT2D eigenvalue weighted by molar-refractivity contribution is 5.95. The Morgan fingerprint density at radius 2 is 2.12 bits per heavy atom. The summed E-state index contributed by atoms with van der Waals surface area (Å²) in [5.74, 6) is 0.518. The number of hydrogen-bond donors (Lipinski definition) is 4. The fourth-order valence-electron chi connectivity index (χ4n) is 2.61. The van der Waals surface area contributed by atoms with E-state index in [-0.39, 0.29) is 24.2 Å². The quantitative estimate of drug-likeness (QED) is 0.638. The molecule has 1 aliphatic rings. The van der Waals surface area contributed by atoms with Gasteiger partial charge in [0.25, 0.3) is 5.91 Å². The summed E-state index contributed by atoms with van der Waals surface area (Å²) in [6.07, 6.45) is -0.404. The minimum absolute atomic E-state index is 0. The van der Waals surface area contributed by atoms with Crippen molar-refractivity contribution in [2.24, 2.45) is 5.92 Å². The number of β-amino-alcohol motifs (C(OH)–C–C–N with tert-alkyl or cyclic N) is 1. The number of rotatable bonds is 5. The topological polar surface area (TPSA) is 99.2 Å². The summed E-state index contributed by atoms with van der Waals surface area (Å²) in [6, 6.07) is 10.9. The summed E-state index contributed by atoms with van der Waals surface area (Å²) < 4.78 is 0. The number of carbonyl (C=O) groups is 1. The monoisotopic (exact) mass is 363 g/mol. The number of aromatic nitrogens is 2. The lowest BCUT2D eigenvalue weighted by Crippen LogP contribution is -2.34. The minimum Gasteiger partial charge on any atom is -0.391 e. The molecule has 25 heavy (non-hydrogen) atoms. The Kier molecular flexibility index (Phi) is 6.69. The standard InChI is InChI=1S/C17H21N5O2.ClH/c1-11-5-6-16(22-21-11)20-14-4-2-3-12(7-14)17(24)19-9-13-8-18-10-15(13)23;/h2-7,13,15,18,23H,8-10H2,1H3,(H,19,24)(H,20,22);1H. The Balaban J connectivity index is 0.00000225. The third-order valence-corrected chi connectivity index (χ3v) is 4.02. The minimum atomic E-state index is -0.404. The second-order valence-corrected chi connectivity index (χ2v) is 5.96. The Morgan fingerprint density at radius 3 is 2.80 bits per heavy atom. The smallest absolute Gasteiger partial charge is 0.251 e. The van der Waals surface area contributed by atoms with E-state index in [4.69, 9.17) is 0 Å². The van der Waals surface area contributed by atoms with E-state index >= 15 is 0 Å². The fourth-order valence-corrected chi connectivity index (χ4v) is 2.61. The van der Waals surface area contributed by atoms with Crippen LogP contribution in [0, 0.1) is 12.8 Å². The van der Waals surface area contributed by atoms with Gasteiger partial charge in [0.2, 0.25) is 0 Å². The van der Waals surface area contributed by atoms with Gasteiger partial charge in [-0.3, -0.25) is 4.79 Å². The highest BCUT2D eigenvalue weighted by Crippen LogP contribution is 2.16. The summed E-state index contributed by atoms with van der Waals surface area (Å²) in [7, 11) is 0. The maximum absolute atomic E-state index is 12.3. The van der Waals surface area contributed by atoms with Crippen LogP contribution in [-0.2, 0) is 0 Å². The molecule has 1 aromatic heterocycles. The maximum atomic E-state index is 12.3. The number of amides is 1. The average molecular weight is 364 g/mol. The van der Waals surface area contributed by atoms with Crippen LogP contribution in [0.4, 0.5) is 11.5 Å². The Labute approximate surface area is 152 Å². The van der Waals surface area contributed by atoms with Crippen molar-refractivity contribution in [1.82, 2.24) is 20.8 Å². The number of aliphatic hydroxyl groups excluding tert-OH is 1. The van der Waals surface area contributed by atoms with Crippen molar-refractivity contribution in [2.75, 3.05) is 25.0 Å². The van der Waals surface area contributed by atoms with Gasteiger partial charge in [0.1, 0.15) is 0 Å². The zero-order chi connectivity index (χ0) is 16.9. The third kappa shape index (κ3) is 5.12. The van der Waals surface area contributed by atoms with Crippen molar-refractivity contribution in [3.63, 3.8) is 0 Å². The highest BCUT2D eigenvalue weighted by Gasteiger charge is 2.25. The Hall–Kier alpha value is -2.22. The van der Waals surface area contributed by atoms with Gasteiger partial charge in [-0.2, -0.15) is 5.10 Å². The molecule has 2 heterocycles. The van der Waals surface area contributed by atoms with E-state index in [0.717, 1.165) is 17.9 Å². The maximum Gasteiger partial charge on any atom is 0.251 e. The van der Waals surface area contributed by atoms with E-state index in [1.54, 1.807) is 12.1 Å². The molecule has 0 spiro atoms. The van der Waals surface area contributed by atoms with Gasteiger partial charge < -0.3 is 21.1 Å². The molecule has 3 rings (SSSR count). The second-order valence-electron chi connectivity index (χ2n) is 5.96. The van der Waals surface area contributed by atoms with Gasteiger partial charge >= 0.3 is 0 Å². The van der Waals surface area contributed by atoms with E-state index in [0.29, 0.717) is 24.5 Å². The van der Waals surface area contributed by atoms with E-state index < -0.39 is 6.10 Å². The van der Waals surface area contributed by atoms with Crippen LogP contribution < -0.4 is 16.0 Å². The molecule has 1 fully saturated rings. The molecule has 0 saturated carbocycles. The molecular formula is C17H22ClN5O2. The largest absolute Gasteiger partial charge is 0.391 e. The molecule has 1 aromatic carbocycles. The number of aryl methyl sites for hydroxylation is 1.